The molecule has 3 unspecified atom stereocenters. The molecule has 0 aromatic carbocycles. The first-order valence-electron chi connectivity index (χ1n) is 5.03. The lowest BCUT2D eigenvalue weighted by atomic mass is 10.3. The fourth-order valence-corrected chi connectivity index (χ4v) is 2.64. The number of hydrogen-bond acceptors (Lipinski definition) is 3. The molecule has 1 rings (SSSR count). The molecule has 5 nitrogen and oxygen atoms in total. The SMILES string of the molecule is C=CC(C)NC(=O)N1C(C)SCC1C(=O)O. The first kappa shape index (κ1) is 12.9. The van der Waals surface area contributed by atoms with Crippen molar-refractivity contribution < 1.29 is 14.7 Å². The van der Waals surface area contributed by atoms with Crippen molar-refractivity contribution in [1.82, 2.24) is 10.2 Å². The zero-order valence-electron chi connectivity index (χ0n) is 9.34. The van der Waals surface area contributed by atoms with Crippen molar-refractivity contribution in [2.24, 2.45) is 0 Å². The molecule has 0 radical (unpaired) electrons. The van der Waals surface area contributed by atoms with E-state index in [4.69, 9.17) is 5.11 Å². The van der Waals surface area contributed by atoms with E-state index in [0.717, 1.165) is 0 Å². The van der Waals surface area contributed by atoms with E-state index < -0.39 is 12.0 Å². The number of thioether (sulfide) groups is 1. The first-order valence-corrected chi connectivity index (χ1v) is 6.08. The molecule has 6 heteroatoms. The van der Waals surface area contributed by atoms with Crippen LogP contribution in [0.2, 0.25) is 0 Å². The van der Waals surface area contributed by atoms with Gasteiger partial charge in [0.15, 0.2) is 0 Å². The van der Waals surface area contributed by atoms with Gasteiger partial charge in [-0.1, -0.05) is 6.08 Å². The Labute approximate surface area is 98.9 Å². The highest BCUT2D eigenvalue weighted by atomic mass is 32.2. The lowest BCUT2D eigenvalue weighted by Crippen LogP contribution is -2.51. The molecule has 0 saturated carbocycles. The third kappa shape index (κ3) is 2.69. The quantitative estimate of drug-likeness (QED) is 0.730. The van der Waals surface area contributed by atoms with Crippen LogP contribution in [0, 0.1) is 0 Å². The molecular formula is C10H16N2O3S. The molecule has 2 N–H and O–H groups in total. The fourth-order valence-electron chi connectivity index (χ4n) is 1.47. The molecule has 0 aromatic rings. The molecule has 0 spiro atoms. The Bertz CT molecular complexity index is 308. The van der Waals surface area contributed by atoms with Gasteiger partial charge < -0.3 is 10.4 Å². The summed E-state index contributed by atoms with van der Waals surface area (Å²) in [6.07, 6.45) is 1.60. The first-order chi connectivity index (χ1) is 7.47. The van der Waals surface area contributed by atoms with E-state index in [1.165, 1.54) is 16.7 Å². The Hall–Kier alpha value is -1.17. The number of aliphatic carboxylic acids is 1. The maximum absolute atomic E-state index is 11.8. The summed E-state index contributed by atoms with van der Waals surface area (Å²) in [4.78, 5) is 24.2. The van der Waals surface area contributed by atoms with E-state index in [2.05, 4.69) is 11.9 Å². The van der Waals surface area contributed by atoms with Crippen molar-refractivity contribution in [2.45, 2.75) is 31.3 Å². The van der Waals surface area contributed by atoms with Crippen molar-refractivity contribution in [3.63, 3.8) is 0 Å². The number of carbonyl (C=O) groups is 2. The van der Waals surface area contributed by atoms with Gasteiger partial charge in [0, 0.05) is 11.8 Å². The summed E-state index contributed by atoms with van der Waals surface area (Å²) in [5.41, 5.74) is 0. The second-order valence-electron chi connectivity index (χ2n) is 3.67. The van der Waals surface area contributed by atoms with Crippen molar-refractivity contribution >= 4 is 23.8 Å². The summed E-state index contributed by atoms with van der Waals surface area (Å²) in [5.74, 6) is -0.523. The van der Waals surface area contributed by atoms with Crippen LogP contribution in [0.4, 0.5) is 4.79 Å². The number of nitrogens with zero attached hydrogens (tertiary/aromatic N) is 1. The maximum Gasteiger partial charge on any atom is 0.327 e. The highest BCUT2D eigenvalue weighted by Gasteiger charge is 2.39. The molecule has 3 atom stereocenters. The second-order valence-corrected chi connectivity index (χ2v) is 5.02. The smallest absolute Gasteiger partial charge is 0.327 e. The van der Waals surface area contributed by atoms with E-state index in [9.17, 15) is 9.59 Å². The van der Waals surface area contributed by atoms with Crippen LogP contribution in [0.25, 0.3) is 0 Å². The van der Waals surface area contributed by atoms with E-state index in [-0.39, 0.29) is 17.4 Å². The van der Waals surface area contributed by atoms with Crippen molar-refractivity contribution in [3.05, 3.63) is 12.7 Å². The van der Waals surface area contributed by atoms with Gasteiger partial charge in [0.05, 0.1) is 5.37 Å². The minimum atomic E-state index is -0.960. The van der Waals surface area contributed by atoms with Gasteiger partial charge in [0.2, 0.25) is 0 Å². The van der Waals surface area contributed by atoms with Crippen LogP contribution >= 0.6 is 11.8 Å². The Morgan fingerprint density at radius 1 is 1.69 bits per heavy atom. The summed E-state index contributed by atoms with van der Waals surface area (Å²) in [6, 6.07) is -1.26. The van der Waals surface area contributed by atoms with Crippen molar-refractivity contribution in [3.8, 4) is 0 Å². The Morgan fingerprint density at radius 2 is 2.31 bits per heavy atom. The molecule has 0 aromatic heterocycles. The van der Waals surface area contributed by atoms with Crippen LogP contribution in [-0.2, 0) is 4.79 Å². The van der Waals surface area contributed by atoms with Gasteiger partial charge in [-0.05, 0) is 13.8 Å². The number of urea groups is 1. The standard InChI is InChI=1S/C10H16N2O3S/c1-4-6(2)11-10(15)12-7(3)16-5-8(12)9(13)14/h4,6-8H,1,5H2,2-3H3,(H,11,15)(H,13,14). The third-order valence-corrected chi connectivity index (χ3v) is 3.66. The topological polar surface area (TPSA) is 69.6 Å². The van der Waals surface area contributed by atoms with Gasteiger partial charge in [0.25, 0.3) is 0 Å². The zero-order chi connectivity index (χ0) is 12.3. The normalized spacial score (nSPS) is 26.2. The monoisotopic (exact) mass is 244 g/mol. The van der Waals surface area contributed by atoms with Crippen LogP contribution in [0.5, 0.6) is 0 Å². The van der Waals surface area contributed by atoms with Crippen LogP contribution in [-0.4, -0.2) is 45.2 Å². The number of carbonyl (C=O) groups excluding carboxylic acids is 1. The molecule has 1 heterocycles. The molecule has 2 amide bonds. The van der Waals surface area contributed by atoms with E-state index in [1.54, 1.807) is 13.0 Å². The highest BCUT2D eigenvalue weighted by Crippen LogP contribution is 2.28. The van der Waals surface area contributed by atoms with Gasteiger partial charge in [-0.15, -0.1) is 18.3 Å². The predicted octanol–water partition coefficient (Wildman–Crippen LogP) is 1.12. The lowest BCUT2D eigenvalue weighted by Gasteiger charge is -2.26. The molecule has 0 bridgehead atoms. The lowest BCUT2D eigenvalue weighted by molar-refractivity contribution is -0.141. The van der Waals surface area contributed by atoms with E-state index in [1.807, 2.05) is 6.92 Å². The molecule has 1 fully saturated rings. The third-order valence-electron chi connectivity index (χ3n) is 2.45. The summed E-state index contributed by atoms with van der Waals surface area (Å²) in [6.45, 7) is 7.17. The molecule has 90 valence electrons. The maximum atomic E-state index is 11.8. The van der Waals surface area contributed by atoms with Gasteiger partial charge in [-0.25, -0.2) is 9.59 Å². The Morgan fingerprint density at radius 3 is 2.81 bits per heavy atom. The number of amides is 2. The molecule has 1 aliphatic heterocycles. The van der Waals surface area contributed by atoms with Gasteiger partial charge in [-0.3, -0.25) is 4.90 Å². The molecule has 1 aliphatic rings. The largest absolute Gasteiger partial charge is 0.480 e. The van der Waals surface area contributed by atoms with Crippen LogP contribution < -0.4 is 5.32 Å². The molecule has 1 saturated heterocycles. The summed E-state index contributed by atoms with van der Waals surface area (Å²) >= 11 is 1.46. The van der Waals surface area contributed by atoms with Crippen molar-refractivity contribution in [1.29, 1.82) is 0 Å². The second kappa shape index (κ2) is 5.25. The summed E-state index contributed by atoms with van der Waals surface area (Å²) < 4.78 is 0. The number of rotatable bonds is 3. The number of hydrogen-bond donors (Lipinski definition) is 2. The van der Waals surface area contributed by atoms with Crippen LogP contribution in [0.1, 0.15) is 13.8 Å². The average Bonchev–Trinajstić information content (AvgIpc) is 2.59. The Balaban J connectivity index is 2.71. The highest BCUT2D eigenvalue weighted by molar-refractivity contribution is 8.00. The zero-order valence-corrected chi connectivity index (χ0v) is 10.2. The molecule has 16 heavy (non-hydrogen) atoms. The number of carboxylic acids is 1. The molecular weight excluding hydrogens is 228 g/mol. The van der Waals surface area contributed by atoms with Crippen molar-refractivity contribution in [2.75, 3.05) is 5.75 Å². The fraction of sp³-hybridized carbons (Fsp3) is 0.600. The van der Waals surface area contributed by atoms with Gasteiger partial charge in [-0.2, -0.15) is 0 Å². The van der Waals surface area contributed by atoms with Crippen LogP contribution in [0.3, 0.4) is 0 Å². The predicted molar refractivity (Wildman–Crippen MR) is 63.4 cm³/mol. The van der Waals surface area contributed by atoms with E-state index >= 15 is 0 Å². The Kier molecular flexibility index (Phi) is 4.23. The number of nitrogens with one attached hydrogen (secondary N) is 1. The average molecular weight is 244 g/mol. The summed E-state index contributed by atoms with van der Waals surface area (Å²) in [5, 5.41) is 11.6. The number of carboxylic acid groups (broad SMARTS) is 1. The minimum absolute atomic E-state index is 0.113. The van der Waals surface area contributed by atoms with Crippen LogP contribution in [0.15, 0.2) is 12.7 Å². The van der Waals surface area contributed by atoms with Gasteiger partial charge >= 0.3 is 12.0 Å². The van der Waals surface area contributed by atoms with E-state index in [0.29, 0.717) is 5.75 Å². The molecule has 0 aliphatic carbocycles. The minimum Gasteiger partial charge on any atom is -0.480 e. The van der Waals surface area contributed by atoms with Gasteiger partial charge in [0.1, 0.15) is 6.04 Å². The summed E-state index contributed by atoms with van der Waals surface area (Å²) in [7, 11) is 0.